The number of aryl methyl sites for hydroxylation is 1. The molecule has 0 aliphatic rings. The zero-order chi connectivity index (χ0) is 18.4. The number of nitrogens with one attached hydrogen (secondary N) is 2. The summed E-state index contributed by atoms with van der Waals surface area (Å²) in [6, 6.07) is 13.6. The third-order valence-electron chi connectivity index (χ3n) is 3.91. The minimum absolute atomic E-state index is 0.0304. The van der Waals surface area contributed by atoms with E-state index < -0.39 is 0 Å². The minimum atomic E-state index is -0.147. The van der Waals surface area contributed by atoms with Gasteiger partial charge in [-0.2, -0.15) is 0 Å². The molecule has 0 aliphatic carbocycles. The van der Waals surface area contributed by atoms with E-state index in [1.54, 1.807) is 31.0 Å². The second-order valence-electron chi connectivity index (χ2n) is 5.84. The van der Waals surface area contributed by atoms with Crippen LogP contribution in [0, 0.1) is 6.92 Å². The summed E-state index contributed by atoms with van der Waals surface area (Å²) in [5, 5.41) is 4.10. The molecule has 0 saturated carbocycles. The molecular formula is C20H22N2O3S. The van der Waals surface area contributed by atoms with E-state index >= 15 is 0 Å². The van der Waals surface area contributed by atoms with Gasteiger partial charge in [0.2, 0.25) is 0 Å². The summed E-state index contributed by atoms with van der Waals surface area (Å²) in [6.45, 7) is 2.64. The third kappa shape index (κ3) is 4.52. The second kappa shape index (κ2) is 8.67. The molecule has 3 rings (SSSR count). The van der Waals surface area contributed by atoms with Crippen molar-refractivity contribution in [2.45, 2.75) is 11.8 Å². The van der Waals surface area contributed by atoms with Crippen molar-refractivity contribution >= 4 is 28.6 Å². The molecule has 1 aromatic heterocycles. The van der Waals surface area contributed by atoms with Gasteiger partial charge in [-0.1, -0.05) is 23.8 Å². The van der Waals surface area contributed by atoms with Crippen LogP contribution in [0.1, 0.15) is 5.56 Å². The van der Waals surface area contributed by atoms with Crippen molar-refractivity contribution in [3.8, 4) is 11.5 Å². The number of rotatable bonds is 8. The van der Waals surface area contributed by atoms with Crippen molar-refractivity contribution < 1.29 is 14.3 Å². The molecule has 0 bridgehead atoms. The van der Waals surface area contributed by atoms with E-state index in [-0.39, 0.29) is 12.5 Å². The summed E-state index contributed by atoms with van der Waals surface area (Å²) in [4.78, 5) is 16.4. The van der Waals surface area contributed by atoms with Gasteiger partial charge in [0, 0.05) is 34.3 Å². The average Bonchev–Trinajstić information content (AvgIpc) is 3.06. The van der Waals surface area contributed by atoms with Gasteiger partial charge in [-0.05, 0) is 31.2 Å². The minimum Gasteiger partial charge on any atom is -0.493 e. The number of carbonyl (C=O) groups is 1. The van der Waals surface area contributed by atoms with Crippen LogP contribution in [0.15, 0.2) is 53.6 Å². The Morgan fingerprint density at radius 2 is 2.00 bits per heavy atom. The van der Waals surface area contributed by atoms with E-state index in [0.717, 1.165) is 11.3 Å². The molecule has 3 aromatic rings. The first-order valence-corrected chi connectivity index (χ1v) is 9.39. The van der Waals surface area contributed by atoms with Crippen molar-refractivity contribution in [1.29, 1.82) is 0 Å². The van der Waals surface area contributed by atoms with Gasteiger partial charge in [-0.15, -0.1) is 11.8 Å². The number of para-hydroxylation sites is 2. The zero-order valence-corrected chi connectivity index (χ0v) is 15.7. The van der Waals surface area contributed by atoms with Crippen molar-refractivity contribution in [2.24, 2.45) is 0 Å². The molecule has 1 heterocycles. The van der Waals surface area contributed by atoms with Crippen LogP contribution in [0.25, 0.3) is 10.9 Å². The lowest BCUT2D eigenvalue weighted by atomic mass is 10.2. The number of carbonyl (C=O) groups excluding carboxylic acids is 1. The van der Waals surface area contributed by atoms with Crippen LogP contribution in [-0.2, 0) is 4.79 Å². The summed E-state index contributed by atoms with van der Waals surface area (Å²) in [6.07, 6.45) is 2.02. The fourth-order valence-electron chi connectivity index (χ4n) is 2.61. The highest BCUT2D eigenvalue weighted by Gasteiger charge is 2.07. The van der Waals surface area contributed by atoms with E-state index in [1.165, 1.54) is 15.8 Å². The Bertz CT molecular complexity index is 892. The summed E-state index contributed by atoms with van der Waals surface area (Å²) < 4.78 is 10.7. The number of H-pyrrole nitrogens is 1. The highest BCUT2D eigenvalue weighted by atomic mass is 32.2. The molecule has 1 amide bonds. The molecule has 2 N–H and O–H groups in total. The van der Waals surface area contributed by atoms with Crippen LogP contribution in [0.4, 0.5) is 0 Å². The Kier molecular flexibility index (Phi) is 6.07. The molecular weight excluding hydrogens is 348 g/mol. The van der Waals surface area contributed by atoms with Crippen LogP contribution < -0.4 is 14.8 Å². The number of aromatic nitrogens is 1. The molecule has 0 saturated heterocycles. The maximum absolute atomic E-state index is 11.9. The standard InChI is InChI=1S/C20H22N2O3S/c1-14-7-8-16-15(11-14)19(12-22-16)26-10-9-21-20(23)13-25-18-6-4-3-5-17(18)24-2/h3-8,11-12,22H,9-10,13H2,1-2H3,(H,21,23). The molecule has 136 valence electrons. The zero-order valence-electron chi connectivity index (χ0n) is 14.9. The van der Waals surface area contributed by atoms with Crippen LogP contribution in [0.3, 0.4) is 0 Å². The van der Waals surface area contributed by atoms with Gasteiger partial charge in [0.25, 0.3) is 5.91 Å². The van der Waals surface area contributed by atoms with Crippen molar-refractivity contribution in [3.05, 3.63) is 54.2 Å². The Morgan fingerprint density at radius 3 is 2.81 bits per heavy atom. The molecule has 26 heavy (non-hydrogen) atoms. The molecule has 0 fully saturated rings. The number of benzene rings is 2. The largest absolute Gasteiger partial charge is 0.493 e. The van der Waals surface area contributed by atoms with Crippen LogP contribution in [0.5, 0.6) is 11.5 Å². The number of hydrogen-bond donors (Lipinski definition) is 2. The van der Waals surface area contributed by atoms with E-state index in [9.17, 15) is 4.79 Å². The van der Waals surface area contributed by atoms with E-state index in [0.29, 0.717) is 18.0 Å². The lowest BCUT2D eigenvalue weighted by molar-refractivity contribution is -0.122. The normalized spacial score (nSPS) is 10.7. The second-order valence-corrected chi connectivity index (χ2v) is 6.98. The molecule has 0 radical (unpaired) electrons. The number of fused-ring (bicyclic) bond motifs is 1. The van der Waals surface area contributed by atoms with Gasteiger partial charge >= 0.3 is 0 Å². The summed E-state index contributed by atoms with van der Waals surface area (Å²) in [7, 11) is 1.58. The fourth-order valence-corrected chi connectivity index (χ4v) is 3.50. The quantitative estimate of drug-likeness (QED) is 0.468. The van der Waals surface area contributed by atoms with Crippen molar-refractivity contribution in [3.63, 3.8) is 0 Å². The predicted molar refractivity (Wildman–Crippen MR) is 105 cm³/mol. The number of ether oxygens (including phenoxy) is 2. The first-order valence-electron chi connectivity index (χ1n) is 8.40. The van der Waals surface area contributed by atoms with E-state index in [1.807, 2.05) is 18.3 Å². The van der Waals surface area contributed by atoms with E-state index in [4.69, 9.17) is 9.47 Å². The van der Waals surface area contributed by atoms with Crippen LogP contribution in [0.2, 0.25) is 0 Å². The summed E-state index contributed by atoms with van der Waals surface area (Å²) in [5.74, 6) is 1.83. The van der Waals surface area contributed by atoms with Crippen LogP contribution >= 0.6 is 11.8 Å². The predicted octanol–water partition coefficient (Wildman–Crippen LogP) is 3.77. The van der Waals surface area contributed by atoms with Gasteiger partial charge in [0.05, 0.1) is 7.11 Å². The van der Waals surface area contributed by atoms with Crippen molar-refractivity contribution in [2.75, 3.05) is 26.0 Å². The van der Waals surface area contributed by atoms with Gasteiger partial charge in [-0.25, -0.2) is 0 Å². The van der Waals surface area contributed by atoms with Crippen molar-refractivity contribution in [1.82, 2.24) is 10.3 Å². The molecule has 0 atom stereocenters. The van der Waals surface area contributed by atoms with Crippen LogP contribution in [-0.4, -0.2) is 36.9 Å². The molecule has 0 aliphatic heterocycles. The molecule has 5 nitrogen and oxygen atoms in total. The Morgan fingerprint density at radius 1 is 1.19 bits per heavy atom. The lowest BCUT2D eigenvalue weighted by Crippen LogP contribution is -2.30. The van der Waals surface area contributed by atoms with E-state index in [2.05, 4.69) is 35.4 Å². The first-order chi connectivity index (χ1) is 12.7. The summed E-state index contributed by atoms with van der Waals surface area (Å²) in [5.41, 5.74) is 2.37. The average molecular weight is 370 g/mol. The maximum atomic E-state index is 11.9. The SMILES string of the molecule is COc1ccccc1OCC(=O)NCCSc1c[nH]c2ccc(C)cc12. The van der Waals surface area contributed by atoms with Gasteiger partial charge in [0.1, 0.15) is 0 Å². The third-order valence-corrected chi connectivity index (χ3v) is 4.97. The first kappa shape index (κ1) is 18.2. The number of methoxy groups -OCH3 is 1. The number of aromatic amines is 1. The van der Waals surface area contributed by atoms with Gasteiger partial charge < -0.3 is 19.8 Å². The molecule has 6 heteroatoms. The Balaban J connectivity index is 1.43. The van der Waals surface area contributed by atoms with Gasteiger partial charge in [0.15, 0.2) is 18.1 Å². The Labute approximate surface area is 157 Å². The highest BCUT2D eigenvalue weighted by Crippen LogP contribution is 2.28. The fraction of sp³-hybridized carbons (Fsp3) is 0.250. The lowest BCUT2D eigenvalue weighted by Gasteiger charge is -2.10. The van der Waals surface area contributed by atoms with Gasteiger partial charge in [-0.3, -0.25) is 4.79 Å². The smallest absolute Gasteiger partial charge is 0.257 e. The number of hydrogen-bond acceptors (Lipinski definition) is 4. The molecule has 2 aromatic carbocycles. The highest BCUT2D eigenvalue weighted by molar-refractivity contribution is 7.99. The monoisotopic (exact) mass is 370 g/mol. The maximum Gasteiger partial charge on any atom is 0.257 e. The summed E-state index contributed by atoms with van der Waals surface area (Å²) >= 11 is 1.72. The molecule has 0 unspecified atom stereocenters. The topological polar surface area (TPSA) is 63.4 Å². The number of thioether (sulfide) groups is 1. The molecule has 0 spiro atoms. The number of amides is 1. The Hall–Kier alpha value is -2.60.